The minimum Gasteiger partial charge on any atom is -0.507 e. The van der Waals surface area contributed by atoms with Crippen molar-refractivity contribution in [3.63, 3.8) is 0 Å². The van der Waals surface area contributed by atoms with E-state index in [0.717, 1.165) is 45.3 Å². The first-order valence-electron chi connectivity index (χ1n) is 12.5. The van der Waals surface area contributed by atoms with Crippen LogP contribution in [-0.2, 0) is 9.59 Å². The summed E-state index contributed by atoms with van der Waals surface area (Å²) < 4.78 is 0. The maximum Gasteiger partial charge on any atom is 0.295 e. The van der Waals surface area contributed by atoms with Crippen molar-refractivity contribution in [3.05, 3.63) is 74.2 Å². The summed E-state index contributed by atoms with van der Waals surface area (Å²) in [5, 5.41) is 12.4. The van der Waals surface area contributed by atoms with Crippen molar-refractivity contribution in [2.24, 2.45) is 0 Å². The predicted molar refractivity (Wildman–Crippen MR) is 148 cm³/mol. The predicted octanol–water partition coefficient (Wildman–Crippen LogP) is 7.36. The van der Waals surface area contributed by atoms with Gasteiger partial charge in [0.05, 0.1) is 11.6 Å². The third-order valence-electron chi connectivity index (χ3n) is 6.44. The Balaban J connectivity index is 1.95. The SMILES string of the molecule is CCCCN(CCCC)CCCN1C(=O)C(=O)C(=C(O)c2ccc(Cl)cc2)C1c1ccc(Cl)cc1Cl. The number of benzene rings is 2. The number of unbranched alkanes of at least 4 members (excludes halogenated alkanes) is 2. The third kappa shape index (κ3) is 6.83. The van der Waals surface area contributed by atoms with Gasteiger partial charge in [-0.15, -0.1) is 0 Å². The van der Waals surface area contributed by atoms with E-state index in [4.69, 9.17) is 34.8 Å². The average Bonchev–Trinajstić information content (AvgIpc) is 3.10. The molecule has 2 aromatic carbocycles. The molecular weight excluding hydrogens is 519 g/mol. The molecule has 1 aliphatic heterocycles. The van der Waals surface area contributed by atoms with E-state index >= 15 is 0 Å². The van der Waals surface area contributed by atoms with Crippen LogP contribution >= 0.6 is 34.8 Å². The highest BCUT2D eigenvalue weighted by atomic mass is 35.5. The van der Waals surface area contributed by atoms with E-state index in [0.29, 0.717) is 39.2 Å². The van der Waals surface area contributed by atoms with Crippen LogP contribution in [0.25, 0.3) is 5.76 Å². The number of hydrogen-bond donors (Lipinski definition) is 1. The number of aliphatic hydroxyl groups is 1. The zero-order valence-electron chi connectivity index (χ0n) is 20.8. The first-order valence-corrected chi connectivity index (χ1v) is 13.6. The Kier molecular flexibility index (Phi) is 10.7. The number of carbonyl (C=O) groups is 2. The molecule has 1 fully saturated rings. The van der Waals surface area contributed by atoms with Crippen molar-refractivity contribution < 1.29 is 14.7 Å². The van der Waals surface area contributed by atoms with Gasteiger partial charge in [0.1, 0.15) is 5.76 Å². The van der Waals surface area contributed by atoms with Crippen LogP contribution in [0.2, 0.25) is 15.1 Å². The molecule has 0 aromatic heterocycles. The molecule has 36 heavy (non-hydrogen) atoms. The van der Waals surface area contributed by atoms with Gasteiger partial charge in [0.15, 0.2) is 0 Å². The molecule has 0 radical (unpaired) electrons. The molecule has 1 heterocycles. The van der Waals surface area contributed by atoms with Crippen molar-refractivity contribution >= 4 is 52.3 Å². The zero-order valence-corrected chi connectivity index (χ0v) is 23.0. The fraction of sp³-hybridized carbons (Fsp3) is 0.429. The van der Waals surface area contributed by atoms with Gasteiger partial charge in [-0.1, -0.05) is 67.6 Å². The lowest BCUT2D eigenvalue weighted by Crippen LogP contribution is -2.34. The lowest BCUT2D eigenvalue weighted by Gasteiger charge is -2.28. The molecule has 1 N–H and O–H groups in total. The van der Waals surface area contributed by atoms with Crippen molar-refractivity contribution in [1.29, 1.82) is 0 Å². The molecular formula is C28H33Cl3N2O3. The van der Waals surface area contributed by atoms with Gasteiger partial charge in [0.2, 0.25) is 0 Å². The highest BCUT2D eigenvalue weighted by molar-refractivity contribution is 6.47. The van der Waals surface area contributed by atoms with Crippen molar-refractivity contribution in [3.8, 4) is 0 Å². The van der Waals surface area contributed by atoms with E-state index in [2.05, 4.69) is 18.7 Å². The maximum absolute atomic E-state index is 13.2. The van der Waals surface area contributed by atoms with E-state index in [1.807, 2.05) is 0 Å². The number of amides is 1. The molecule has 2 aromatic rings. The highest BCUT2D eigenvalue weighted by Gasteiger charge is 2.46. The summed E-state index contributed by atoms with van der Waals surface area (Å²) >= 11 is 18.7. The summed E-state index contributed by atoms with van der Waals surface area (Å²) in [4.78, 5) is 30.4. The molecule has 0 spiro atoms. The Morgan fingerprint density at radius 3 is 2.06 bits per heavy atom. The zero-order chi connectivity index (χ0) is 26.2. The van der Waals surface area contributed by atoms with E-state index in [-0.39, 0.29) is 11.3 Å². The Hall–Kier alpha value is -2.05. The van der Waals surface area contributed by atoms with E-state index < -0.39 is 17.7 Å². The molecule has 3 rings (SSSR count). The highest BCUT2D eigenvalue weighted by Crippen LogP contribution is 2.42. The van der Waals surface area contributed by atoms with Gasteiger partial charge in [0, 0.05) is 27.2 Å². The molecule has 1 saturated heterocycles. The second-order valence-electron chi connectivity index (χ2n) is 9.07. The van der Waals surface area contributed by atoms with Crippen LogP contribution in [0, 0.1) is 0 Å². The van der Waals surface area contributed by atoms with Gasteiger partial charge in [0.25, 0.3) is 11.7 Å². The van der Waals surface area contributed by atoms with Crippen LogP contribution in [0.3, 0.4) is 0 Å². The molecule has 8 heteroatoms. The van der Waals surface area contributed by atoms with Crippen LogP contribution in [0.4, 0.5) is 0 Å². The molecule has 0 bridgehead atoms. The van der Waals surface area contributed by atoms with Crippen LogP contribution in [0.5, 0.6) is 0 Å². The Morgan fingerprint density at radius 1 is 0.889 bits per heavy atom. The number of rotatable bonds is 12. The number of likely N-dealkylation sites (tertiary alicyclic amines) is 1. The summed E-state index contributed by atoms with van der Waals surface area (Å²) in [7, 11) is 0. The maximum atomic E-state index is 13.2. The Morgan fingerprint density at radius 2 is 1.47 bits per heavy atom. The number of carbonyl (C=O) groups excluding carboxylic acids is 2. The van der Waals surface area contributed by atoms with Gasteiger partial charge in [-0.2, -0.15) is 0 Å². The van der Waals surface area contributed by atoms with E-state index in [1.54, 1.807) is 42.5 Å². The second kappa shape index (κ2) is 13.5. The lowest BCUT2D eigenvalue weighted by atomic mass is 9.95. The van der Waals surface area contributed by atoms with E-state index in [1.165, 1.54) is 4.90 Å². The Labute approximate surface area is 228 Å². The van der Waals surface area contributed by atoms with Crippen molar-refractivity contribution in [1.82, 2.24) is 9.80 Å². The number of ketones is 1. The molecule has 1 unspecified atom stereocenters. The van der Waals surface area contributed by atoms with Crippen LogP contribution in [0.15, 0.2) is 48.0 Å². The molecule has 1 atom stereocenters. The summed E-state index contributed by atoms with van der Waals surface area (Å²) in [5.41, 5.74) is 0.961. The van der Waals surface area contributed by atoms with Gasteiger partial charge >= 0.3 is 0 Å². The molecule has 1 aliphatic rings. The normalized spacial score (nSPS) is 17.4. The fourth-order valence-corrected chi connectivity index (χ4v) is 5.12. The number of nitrogens with zero attached hydrogens (tertiary/aromatic N) is 2. The molecule has 5 nitrogen and oxygen atoms in total. The van der Waals surface area contributed by atoms with Gasteiger partial charge in [-0.05, 0) is 80.9 Å². The monoisotopic (exact) mass is 550 g/mol. The summed E-state index contributed by atoms with van der Waals surface area (Å²) in [5.74, 6) is -1.63. The smallest absolute Gasteiger partial charge is 0.295 e. The summed E-state index contributed by atoms with van der Waals surface area (Å²) in [6, 6.07) is 10.6. The average molecular weight is 552 g/mol. The summed E-state index contributed by atoms with van der Waals surface area (Å²) in [6.07, 6.45) is 5.18. The minimum atomic E-state index is -0.815. The number of hydrogen-bond acceptors (Lipinski definition) is 4. The quantitative estimate of drug-likeness (QED) is 0.170. The van der Waals surface area contributed by atoms with Gasteiger partial charge in [-0.25, -0.2) is 0 Å². The first-order chi connectivity index (χ1) is 17.3. The largest absolute Gasteiger partial charge is 0.507 e. The van der Waals surface area contributed by atoms with Crippen molar-refractivity contribution in [2.75, 3.05) is 26.2 Å². The topological polar surface area (TPSA) is 60.9 Å². The number of halogens is 3. The minimum absolute atomic E-state index is 0.0142. The van der Waals surface area contributed by atoms with Crippen LogP contribution < -0.4 is 0 Å². The van der Waals surface area contributed by atoms with Gasteiger partial charge in [-0.3, -0.25) is 9.59 Å². The standard InChI is InChI=1S/C28H33Cl3N2O3/c1-3-5-14-32(15-6-4-2)16-7-17-33-25(22-13-12-21(30)18-23(22)31)24(27(35)28(33)36)26(34)19-8-10-20(29)11-9-19/h8-13,18,25,34H,3-7,14-17H2,1-2H3. The van der Waals surface area contributed by atoms with Crippen molar-refractivity contribution in [2.45, 2.75) is 52.0 Å². The fourth-order valence-electron chi connectivity index (χ4n) is 4.48. The third-order valence-corrected chi connectivity index (χ3v) is 7.26. The lowest BCUT2D eigenvalue weighted by molar-refractivity contribution is -0.140. The van der Waals surface area contributed by atoms with E-state index in [9.17, 15) is 14.7 Å². The molecule has 1 amide bonds. The molecule has 194 valence electrons. The molecule has 0 aliphatic carbocycles. The van der Waals surface area contributed by atoms with Crippen LogP contribution in [0.1, 0.15) is 63.1 Å². The van der Waals surface area contributed by atoms with Crippen LogP contribution in [-0.4, -0.2) is 52.8 Å². The Bertz CT molecular complexity index is 1090. The van der Waals surface area contributed by atoms with Gasteiger partial charge < -0.3 is 14.9 Å². The number of aliphatic hydroxyl groups excluding tert-OH is 1. The second-order valence-corrected chi connectivity index (χ2v) is 10.3. The number of Topliss-reactive ketones (excluding diaryl/α,β-unsaturated/α-hetero) is 1. The first kappa shape index (κ1) is 28.5. The molecule has 0 saturated carbocycles. The summed E-state index contributed by atoms with van der Waals surface area (Å²) in [6.45, 7) is 7.56.